The Kier molecular flexibility index (Phi) is 3.70. The molecule has 1 aromatic rings. The smallest absolute Gasteiger partial charge is 0.109 e. The Bertz CT molecular complexity index is 311. The summed E-state index contributed by atoms with van der Waals surface area (Å²) in [4.78, 5) is 4.31. The highest BCUT2D eigenvalue weighted by molar-refractivity contribution is 8.00. The topological polar surface area (TPSA) is 29.9 Å². The zero-order chi connectivity index (χ0) is 10.7. The number of nitrogens with one attached hydrogen (secondary N) is 1. The molecule has 0 aromatic carbocycles. The number of aryl methyl sites for hydroxylation is 1. The average molecular weight is 225 g/mol. The van der Waals surface area contributed by atoms with Gasteiger partial charge < -0.3 is 9.88 Å². The molecule has 2 heterocycles. The number of hydrogen-bond donors (Lipinski definition) is 1. The van der Waals surface area contributed by atoms with E-state index in [9.17, 15) is 0 Å². The van der Waals surface area contributed by atoms with Crippen LogP contribution in [0.3, 0.4) is 0 Å². The number of hydrogen-bond acceptors (Lipinski definition) is 3. The van der Waals surface area contributed by atoms with E-state index < -0.39 is 0 Å². The molecule has 2 atom stereocenters. The number of nitrogens with zero attached hydrogens (tertiary/aromatic N) is 2. The van der Waals surface area contributed by atoms with Crippen molar-refractivity contribution in [2.45, 2.75) is 31.1 Å². The van der Waals surface area contributed by atoms with Crippen LogP contribution in [0.15, 0.2) is 12.4 Å². The molecule has 0 amide bonds. The van der Waals surface area contributed by atoms with E-state index in [1.54, 1.807) is 0 Å². The molecule has 1 aromatic heterocycles. The average Bonchev–Trinajstić information content (AvgIpc) is 2.77. The zero-order valence-electron chi connectivity index (χ0n) is 9.44. The molecule has 1 aliphatic heterocycles. The van der Waals surface area contributed by atoms with Crippen molar-refractivity contribution >= 4 is 11.8 Å². The van der Waals surface area contributed by atoms with Crippen LogP contribution < -0.4 is 5.32 Å². The Balaban J connectivity index is 1.69. The van der Waals surface area contributed by atoms with Gasteiger partial charge in [-0.1, -0.05) is 6.92 Å². The SMILES string of the molecule is CC1CC(NCCc2nccn2C)CS1. The first kappa shape index (κ1) is 11.0. The van der Waals surface area contributed by atoms with Crippen molar-refractivity contribution in [1.82, 2.24) is 14.9 Å². The Labute approximate surface area is 95.7 Å². The van der Waals surface area contributed by atoms with Gasteiger partial charge in [-0.2, -0.15) is 11.8 Å². The van der Waals surface area contributed by atoms with Gasteiger partial charge in [-0.15, -0.1) is 0 Å². The highest BCUT2D eigenvalue weighted by Gasteiger charge is 2.20. The third kappa shape index (κ3) is 2.98. The molecule has 0 saturated carbocycles. The highest BCUT2D eigenvalue weighted by Crippen LogP contribution is 2.25. The molecule has 4 heteroatoms. The Hall–Kier alpha value is -0.480. The van der Waals surface area contributed by atoms with Crippen molar-refractivity contribution in [3.05, 3.63) is 18.2 Å². The van der Waals surface area contributed by atoms with Crippen molar-refractivity contribution in [3.63, 3.8) is 0 Å². The summed E-state index contributed by atoms with van der Waals surface area (Å²) in [5.41, 5.74) is 0. The number of aromatic nitrogens is 2. The number of rotatable bonds is 4. The van der Waals surface area contributed by atoms with Crippen LogP contribution in [-0.4, -0.2) is 33.1 Å². The predicted octanol–water partition coefficient (Wildman–Crippen LogP) is 1.45. The molecule has 2 unspecified atom stereocenters. The van der Waals surface area contributed by atoms with Gasteiger partial charge in [-0.25, -0.2) is 4.98 Å². The fourth-order valence-electron chi connectivity index (χ4n) is 1.98. The van der Waals surface area contributed by atoms with E-state index in [0.29, 0.717) is 6.04 Å². The maximum atomic E-state index is 4.31. The number of imidazole rings is 1. The maximum absolute atomic E-state index is 4.31. The lowest BCUT2D eigenvalue weighted by atomic mass is 10.2. The largest absolute Gasteiger partial charge is 0.338 e. The Morgan fingerprint density at radius 2 is 2.53 bits per heavy atom. The summed E-state index contributed by atoms with van der Waals surface area (Å²) in [6.45, 7) is 3.36. The van der Waals surface area contributed by atoms with E-state index in [1.807, 2.05) is 12.4 Å². The molecule has 2 rings (SSSR count). The van der Waals surface area contributed by atoms with E-state index in [-0.39, 0.29) is 0 Å². The van der Waals surface area contributed by atoms with Crippen LogP contribution in [0, 0.1) is 0 Å². The van der Waals surface area contributed by atoms with E-state index in [2.05, 4.69) is 40.6 Å². The van der Waals surface area contributed by atoms with Crippen LogP contribution >= 0.6 is 11.8 Å². The lowest BCUT2D eigenvalue weighted by Gasteiger charge is -2.11. The van der Waals surface area contributed by atoms with Gasteiger partial charge in [0.1, 0.15) is 5.82 Å². The summed E-state index contributed by atoms with van der Waals surface area (Å²) in [5.74, 6) is 2.43. The maximum Gasteiger partial charge on any atom is 0.109 e. The lowest BCUT2D eigenvalue weighted by Crippen LogP contribution is -2.31. The van der Waals surface area contributed by atoms with Gasteiger partial charge >= 0.3 is 0 Å². The first-order valence-electron chi connectivity index (χ1n) is 5.57. The molecule has 1 N–H and O–H groups in total. The fourth-order valence-corrected chi connectivity index (χ4v) is 3.17. The fraction of sp³-hybridized carbons (Fsp3) is 0.727. The second-order valence-corrected chi connectivity index (χ2v) is 5.71. The molecule has 3 nitrogen and oxygen atoms in total. The summed E-state index contributed by atoms with van der Waals surface area (Å²) in [7, 11) is 2.05. The molecule has 1 fully saturated rings. The minimum absolute atomic E-state index is 0.713. The predicted molar refractivity (Wildman–Crippen MR) is 65.2 cm³/mol. The summed E-state index contributed by atoms with van der Waals surface area (Å²) in [5, 5.41) is 4.43. The molecular weight excluding hydrogens is 206 g/mol. The van der Waals surface area contributed by atoms with Crippen LogP contribution in [0.1, 0.15) is 19.2 Å². The lowest BCUT2D eigenvalue weighted by molar-refractivity contribution is 0.534. The van der Waals surface area contributed by atoms with Gasteiger partial charge in [0, 0.05) is 49.5 Å². The van der Waals surface area contributed by atoms with Crippen LogP contribution in [0.25, 0.3) is 0 Å². The van der Waals surface area contributed by atoms with Gasteiger partial charge in [0.05, 0.1) is 0 Å². The van der Waals surface area contributed by atoms with Gasteiger partial charge in [0.15, 0.2) is 0 Å². The van der Waals surface area contributed by atoms with Gasteiger partial charge in [-0.3, -0.25) is 0 Å². The molecule has 1 aliphatic rings. The van der Waals surface area contributed by atoms with Gasteiger partial charge in [0.2, 0.25) is 0 Å². The summed E-state index contributed by atoms with van der Waals surface area (Å²) in [6, 6.07) is 0.713. The summed E-state index contributed by atoms with van der Waals surface area (Å²) >= 11 is 2.07. The quantitative estimate of drug-likeness (QED) is 0.841. The zero-order valence-corrected chi connectivity index (χ0v) is 10.3. The molecule has 0 radical (unpaired) electrons. The standard InChI is InChI=1S/C11H19N3S/c1-9-7-10(8-15-9)12-4-3-11-13-5-6-14(11)2/h5-6,9-10,12H,3-4,7-8H2,1-2H3. The van der Waals surface area contributed by atoms with E-state index >= 15 is 0 Å². The third-order valence-corrected chi connectivity index (χ3v) is 4.26. The van der Waals surface area contributed by atoms with Crippen LogP contribution in [-0.2, 0) is 13.5 Å². The third-order valence-electron chi connectivity index (χ3n) is 2.90. The molecule has 0 aliphatic carbocycles. The van der Waals surface area contributed by atoms with Crippen molar-refractivity contribution in [1.29, 1.82) is 0 Å². The van der Waals surface area contributed by atoms with Gasteiger partial charge in [0.25, 0.3) is 0 Å². The molecule has 15 heavy (non-hydrogen) atoms. The van der Waals surface area contributed by atoms with Crippen molar-refractivity contribution in [2.24, 2.45) is 7.05 Å². The van der Waals surface area contributed by atoms with Crippen LogP contribution in [0.5, 0.6) is 0 Å². The monoisotopic (exact) mass is 225 g/mol. The number of thioether (sulfide) groups is 1. The normalized spacial score (nSPS) is 26.0. The Morgan fingerprint density at radius 1 is 1.67 bits per heavy atom. The molecule has 84 valence electrons. The Morgan fingerprint density at radius 3 is 3.13 bits per heavy atom. The molecular formula is C11H19N3S. The van der Waals surface area contributed by atoms with Crippen molar-refractivity contribution in [2.75, 3.05) is 12.3 Å². The first-order chi connectivity index (χ1) is 7.25. The van der Waals surface area contributed by atoms with E-state index in [4.69, 9.17) is 0 Å². The molecule has 0 bridgehead atoms. The minimum atomic E-state index is 0.713. The highest BCUT2D eigenvalue weighted by atomic mass is 32.2. The second kappa shape index (κ2) is 5.03. The summed E-state index contributed by atoms with van der Waals surface area (Å²) in [6.07, 6.45) is 6.20. The van der Waals surface area contributed by atoms with Crippen molar-refractivity contribution in [3.8, 4) is 0 Å². The summed E-state index contributed by atoms with van der Waals surface area (Å²) < 4.78 is 2.09. The first-order valence-corrected chi connectivity index (χ1v) is 6.62. The van der Waals surface area contributed by atoms with E-state index in [1.165, 1.54) is 18.0 Å². The second-order valence-electron chi connectivity index (χ2n) is 4.24. The molecule has 1 saturated heterocycles. The van der Waals surface area contributed by atoms with E-state index in [0.717, 1.165) is 18.2 Å². The van der Waals surface area contributed by atoms with Crippen molar-refractivity contribution < 1.29 is 0 Å². The van der Waals surface area contributed by atoms with Crippen LogP contribution in [0.2, 0.25) is 0 Å². The van der Waals surface area contributed by atoms with Crippen LogP contribution in [0.4, 0.5) is 0 Å². The van der Waals surface area contributed by atoms with Gasteiger partial charge in [-0.05, 0) is 6.42 Å². The minimum Gasteiger partial charge on any atom is -0.338 e. The molecule has 0 spiro atoms.